The second-order valence-electron chi connectivity index (χ2n) is 6.17. The van der Waals surface area contributed by atoms with Gasteiger partial charge >= 0.3 is 11.6 Å². The maximum absolute atomic E-state index is 12.5. The summed E-state index contributed by atoms with van der Waals surface area (Å²) in [5, 5.41) is 0.870. The van der Waals surface area contributed by atoms with Crippen LogP contribution in [0.5, 0.6) is 5.75 Å². The van der Waals surface area contributed by atoms with Crippen molar-refractivity contribution in [3.63, 3.8) is 0 Å². The second-order valence-corrected chi connectivity index (χ2v) is 6.17. The molecule has 0 bridgehead atoms. The van der Waals surface area contributed by atoms with Gasteiger partial charge in [0.1, 0.15) is 11.3 Å². The van der Waals surface area contributed by atoms with E-state index in [1.807, 2.05) is 50.2 Å². The van der Waals surface area contributed by atoms with Crippen molar-refractivity contribution in [3.8, 4) is 5.75 Å². The summed E-state index contributed by atoms with van der Waals surface area (Å²) in [7, 11) is 0. The van der Waals surface area contributed by atoms with Crippen LogP contribution in [0.2, 0.25) is 0 Å². The topological polar surface area (TPSA) is 65.7 Å². The van der Waals surface area contributed by atoms with E-state index in [1.165, 1.54) is 6.07 Å². The molecular weight excluding hydrogens is 344 g/mol. The molecule has 0 saturated heterocycles. The number of aryl methyl sites for hydroxylation is 2. The third kappa shape index (κ3) is 3.87. The van der Waals surface area contributed by atoms with Crippen LogP contribution in [0.1, 0.15) is 36.6 Å². The van der Waals surface area contributed by atoms with Gasteiger partial charge in [-0.3, -0.25) is 0 Å². The van der Waals surface area contributed by atoms with Gasteiger partial charge in [-0.05, 0) is 38.0 Å². The lowest BCUT2D eigenvalue weighted by Gasteiger charge is -2.20. The quantitative estimate of drug-likeness (QED) is 0.479. The van der Waals surface area contributed by atoms with Crippen LogP contribution in [0.3, 0.4) is 0 Å². The molecule has 0 radical (unpaired) electrons. The molecule has 1 heterocycles. The van der Waals surface area contributed by atoms with E-state index in [1.54, 1.807) is 13.0 Å². The number of esters is 1. The number of carbonyl (C=O) groups excluding carboxylic acids is 1. The van der Waals surface area contributed by atoms with Gasteiger partial charge < -0.3 is 13.9 Å². The molecule has 5 nitrogen and oxygen atoms in total. The van der Waals surface area contributed by atoms with Gasteiger partial charge in [-0.25, -0.2) is 9.59 Å². The number of carbonyl (C=O) groups is 1. The summed E-state index contributed by atoms with van der Waals surface area (Å²) >= 11 is 0. The van der Waals surface area contributed by atoms with Crippen molar-refractivity contribution in [1.82, 2.24) is 0 Å². The third-order valence-corrected chi connectivity index (χ3v) is 4.43. The van der Waals surface area contributed by atoms with Crippen LogP contribution in [0, 0.1) is 6.92 Å². The predicted molar refractivity (Wildman–Crippen MR) is 103 cm³/mol. The largest absolute Gasteiger partial charge is 0.474 e. The molecule has 0 N–H and O–H groups in total. The van der Waals surface area contributed by atoms with Crippen LogP contribution in [0.4, 0.5) is 0 Å². The number of fused-ring (bicyclic) bond motifs is 1. The van der Waals surface area contributed by atoms with Gasteiger partial charge in [-0.2, -0.15) is 0 Å². The maximum Gasteiger partial charge on any atom is 0.352 e. The number of rotatable bonds is 6. The molecule has 0 amide bonds. The van der Waals surface area contributed by atoms with Gasteiger partial charge in [0.05, 0.1) is 6.61 Å². The van der Waals surface area contributed by atoms with Gasteiger partial charge in [-0.15, -0.1) is 0 Å². The predicted octanol–water partition coefficient (Wildman–Crippen LogP) is 4.35. The minimum atomic E-state index is -0.900. The van der Waals surface area contributed by atoms with Gasteiger partial charge in [0.15, 0.2) is 0 Å². The van der Waals surface area contributed by atoms with Crippen LogP contribution in [-0.4, -0.2) is 12.6 Å². The molecule has 140 valence electrons. The molecule has 5 heteroatoms. The molecule has 0 saturated carbocycles. The van der Waals surface area contributed by atoms with Gasteiger partial charge in [0, 0.05) is 22.6 Å². The smallest absolute Gasteiger partial charge is 0.352 e. The zero-order valence-electron chi connectivity index (χ0n) is 15.7. The molecule has 3 rings (SSSR count). The van der Waals surface area contributed by atoms with E-state index < -0.39 is 17.7 Å². The first kappa shape index (κ1) is 18.7. The van der Waals surface area contributed by atoms with Crippen molar-refractivity contribution in [1.29, 1.82) is 0 Å². The van der Waals surface area contributed by atoms with E-state index in [9.17, 15) is 9.59 Å². The Bertz CT molecular complexity index is 1000. The average molecular weight is 366 g/mol. The monoisotopic (exact) mass is 366 g/mol. The first-order valence-corrected chi connectivity index (χ1v) is 8.99. The number of benzene rings is 2. The molecule has 3 aromatic rings. The van der Waals surface area contributed by atoms with Crippen LogP contribution in [0.25, 0.3) is 11.0 Å². The molecule has 0 aliphatic heterocycles. The van der Waals surface area contributed by atoms with Crippen molar-refractivity contribution in [2.75, 3.05) is 6.61 Å². The number of hydrogen-bond acceptors (Lipinski definition) is 5. The highest BCUT2D eigenvalue weighted by atomic mass is 16.6. The molecule has 0 fully saturated rings. The summed E-state index contributed by atoms with van der Waals surface area (Å²) in [5.74, 6) is 0.00719. The van der Waals surface area contributed by atoms with E-state index in [4.69, 9.17) is 13.9 Å². The Hall–Kier alpha value is -3.08. The van der Waals surface area contributed by atoms with E-state index in [0.717, 1.165) is 17.4 Å². The molecule has 0 aliphatic rings. The van der Waals surface area contributed by atoms with Crippen LogP contribution < -0.4 is 10.4 Å². The van der Waals surface area contributed by atoms with Crippen molar-refractivity contribution in [2.24, 2.45) is 0 Å². The fourth-order valence-corrected chi connectivity index (χ4v) is 3.05. The lowest BCUT2D eigenvalue weighted by Crippen LogP contribution is -2.21. The zero-order chi connectivity index (χ0) is 19.4. The van der Waals surface area contributed by atoms with Gasteiger partial charge in [-0.1, -0.05) is 37.3 Å². The summed E-state index contributed by atoms with van der Waals surface area (Å²) in [4.78, 5) is 24.3. The highest BCUT2D eigenvalue weighted by molar-refractivity contribution is 5.85. The van der Waals surface area contributed by atoms with E-state index >= 15 is 0 Å². The minimum Gasteiger partial charge on any atom is -0.474 e. The molecule has 0 aliphatic carbocycles. The number of ether oxygens (including phenoxy) is 2. The maximum atomic E-state index is 12.5. The van der Waals surface area contributed by atoms with Gasteiger partial charge in [0.25, 0.3) is 0 Å². The fraction of sp³-hybridized carbons (Fsp3) is 0.273. The SMILES string of the molecule is CCOC(=O)[C@@H](Oc1ccc2c(CC)cc(=O)oc2c1C)c1ccccc1. The van der Waals surface area contributed by atoms with Crippen LogP contribution >= 0.6 is 0 Å². The lowest BCUT2D eigenvalue weighted by atomic mass is 10.0. The van der Waals surface area contributed by atoms with Crippen molar-refractivity contribution in [2.45, 2.75) is 33.3 Å². The fourth-order valence-electron chi connectivity index (χ4n) is 3.05. The Labute approximate surface area is 157 Å². The standard InChI is InChI=1S/C22H22O5/c1-4-15-13-19(23)27-20-14(3)18(12-11-17(15)20)26-21(22(24)25-5-2)16-9-7-6-8-10-16/h6-13,21H,4-5H2,1-3H3/t21-/m0/s1. The minimum absolute atomic E-state index is 0.261. The lowest BCUT2D eigenvalue weighted by molar-refractivity contribution is -0.151. The second kappa shape index (κ2) is 8.08. The third-order valence-electron chi connectivity index (χ3n) is 4.43. The summed E-state index contributed by atoms with van der Waals surface area (Å²) in [6.45, 7) is 5.81. The molecule has 1 aromatic heterocycles. The van der Waals surface area contributed by atoms with Crippen molar-refractivity contribution >= 4 is 16.9 Å². The molecule has 27 heavy (non-hydrogen) atoms. The molecular formula is C22H22O5. The van der Waals surface area contributed by atoms with E-state index in [0.29, 0.717) is 22.5 Å². The first-order chi connectivity index (χ1) is 13.0. The molecule has 0 spiro atoms. The van der Waals surface area contributed by atoms with Crippen LogP contribution in [-0.2, 0) is 16.0 Å². The van der Waals surface area contributed by atoms with E-state index in [2.05, 4.69) is 0 Å². The Morgan fingerprint density at radius 3 is 2.52 bits per heavy atom. The first-order valence-electron chi connectivity index (χ1n) is 8.99. The van der Waals surface area contributed by atoms with Crippen molar-refractivity contribution in [3.05, 3.63) is 75.6 Å². The Balaban J connectivity index is 2.06. The van der Waals surface area contributed by atoms with Crippen molar-refractivity contribution < 1.29 is 18.7 Å². The van der Waals surface area contributed by atoms with E-state index in [-0.39, 0.29) is 6.61 Å². The van der Waals surface area contributed by atoms with Crippen LogP contribution in [0.15, 0.2) is 57.7 Å². The highest BCUT2D eigenvalue weighted by Gasteiger charge is 2.25. The number of hydrogen-bond donors (Lipinski definition) is 0. The normalized spacial score (nSPS) is 12.0. The Kier molecular flexibility index (Phi) is 5.60. The Morgan fingerprint density at radius 1 is 1.11 bits per heavy atom. The summed E-state index contributed by atoms with van der Waals surface area (Å²) < 4.78 is 16.6. The summed E-state index contributed by atoms with van der Waals surface area (Å²) in [5.41, 5.74) is 2.36. The molecule has 2 aromatic carbocycles. The van der Waals surface area contributed by atoms with Gasteiger partial charge in [0.2, 0.25) is 6.10 Å². The average Bonchev–Trinajstić information content (AvgIpc) is 2.68. The highest BCUT2D eigenvalue weighted by Crippen LogP contribution is 2.32. The summed E-state index contributed by atoms with van der Waals surface area (Å²) in [6, 6.07) is 14.3. The Morgan fingerprint density at radius 2 is 1.85 bits per heavy atom. The zero-order valence-corrected chi connectivity index (χ0v) is 15.7. The summed E-state index contributed by atoms with van der Waals surface area (Å²) in [6.07, 6.45) is -0.180. The molecule has 0 unspecified atom stereocenters. The molecule has 1 atom stereocenters.